The zero-order chi connectivity index (χ0) is 10.4. The van der Waals surface area contributed by atoms with Crippen LogP contribution in [-0.2, 0) is 9.53 Å². The maximum atomic E-state index is 11.3. The van der Waals surface area contributed by atoms with Crippen molar-refractivity contribution in [1.29, 1.82) is 0 Å². The molecule has 4 nitrogen and oxygen atoms in total. The van der Waals surface area contributed by atoms with Crippen LogP contribution in [-0.4, -0.2) is 38.3 Å². The normalized spacial score (nSPS) is 20.2. The average Bonchev–Trinajstić information content (AvgIpc) is 2.16. The van der Waals surface area contributed by atoms with Crippen LogP contribution < -0.4 is 10.6 Å². The van der Waals surface area contributed by atoms with E-state index in [-0.39, 0.29) is 24.4 Å². The minimum Gasteiger partial charge on any atom is -0.378 e. The highest BCUT2D eigenvalue weighted by Gasteiger charge is 2.16. The maximum Gasteiger partial charge on any atom is 0.221 e. The van der Waals surface area contributed by atoms with Gasteiger partial charge in [-0.1, -0.05) is 18.2 Å². The number of amides is 1. The van der Waals surface area contributed by atoms with Gasteiger partial charge in [0.05, 0.1) is 19.8 Å². The van der Waals surface area contributed by atoms with Crippen LogP contribution in [0.25, 0.3) is 0 Å². The van der Waals surface area contributed by atoms with E-state index in [1.165, 1.54) is 0 Å². The third-order valence-corrected chi connectivity index (χ3v) is 2.04. The van der Waals surface area contributed by atoms with Crippen molar-refractivity contribution < 1.29 is 9.53 Å². The molecule has 0 saturated carbocycles. The number of ether oxygens (including phenoxy) is 1. The van der Waals surface area contributed by atoms with Crippen LogP contribution in [0.1, 0.15) is 6.42 Å². The van der Waals surface area contributed by atoms with Gasteiger partial charge in [-0.2, -0.15) is 0 Å². The topological polar surface area (TPSA) is 50.4 Å². The number of carbonyl (C=O) groups is 1. The number of hydrogen-bond donors (Lipinski definition) is 2. The number of hydrogen-bond acceptors (Lipinski definition) is 3. The van der Waals surface area contributed by atoms with Crippen molar-refractivity contribution in [3.05, 3.63) is 11.6 Å². The Kier molecular flexibility index (Phi) is 7.78. The summed E-state index contributed by atoms with van der Waals surface area (Å²) >= 11 is 5.52. The second-order valence-corrected chi connectivity index (χ2v) is 3.76. The van der Waals surface area contributed by atoms with E-state index in [2.05, 4.69) is 17.2 Å². The molecule has 1 saturated heterocycles. The lowest BCUT2D eigenvalue weighted by Crippen LogP contribution is -2.44. The van der Waals surface area contributed by atoms with Crippen LogP contribution in [0, 0.1) is 0 Å². The van der Waals surface area contributed by atoms with Gasteiger partial charge < -0.3 is 15.4 Å². The van der Waals surface area contributed by atoms with Crippen molar-refractivity contribution in [2.75, 3.05) is 26.3 Å². The number of morpholine rings is 1. The molecule has 1 atom stereocenters. The lowest BCUT2D eigenvalue weighted by molar-refractivity contribution is -0.122. The molecule has 0 aromatic heterocycles. The van der Waals surface area contributed by atoms with Gasteiger partial charge in [0.2, 0.25) is 5.91 Å². The number of carbonyl (C=O) groups excluding carboxylic acids is 1. The van der Waals surface area contributed by atoms with Gasteiger partial charge in [-0.3, -0.25) is 4.79 Å². The predicted molar refractivity (Wildman–Crippen MR) is 62.5 cm³/mol. The van der Waals surface area contributed by atoms with Crippen LogP contribution in [0.4, 0.5) is 0 Å². The van der Waals surface area contributed by atoms with Gasteiger partial charge in [-0.05, 0) is 0 Å². The highest BCUT2D eigenvalue weighted by Crippen LogP contribution is 1.99. The smallest absolute Gasteiger partial charge is 0.221 e. The second kappa shape index (κ2) is 7.93. The Bertz CT molecular complexity index is 218. The molecule has 1 aliphatic rings. The molecular weight excluding hydrogens is 239 g/mol. The van der Waals surface area contributed by atoms with Gasteiger partial charge in [-0.15, -0.1) is 12.4 Å². The summed E-state index contributed by atoms with van der Waals surface area (Å²) in [5, 5.41) is 6.30. The van der Waals surface area contributed by atoms with E-state index < -0.39 is 0 Å². The van der Waals surface area contributed by atoms with Gasteiger partial charge in [-0.25, -0.2) is 0 Å². The van der Waals surface area contributed by atoms with E-state index in [9.17, 15) is 4.79 Å². The molecule has 1 unspecified atom stereocenters. The van der Waals surface area contributed by atoms with Gasteiger partial charge in [0, 0.05) is 24.0 Å². The third-order valence-electron chi connectivity index (χ3n) is 1.91. The molecule has 6 heteroatoms. The van der Waals surface area contributed by atoms with Gasteiger partial charge >= 0.3 is 0 Å². The van der Waals surface area contributed by atoms with Crippen molar-refractivity contribution in [2.24, 2.45) is 0 Å². The molecule has 2 N–H and O–H groups in total. The summed E-state index contributed by atoms with van der Waals surface area (Å²) in [4.78, 5) is 11.3. The standard InChI is InChI=1S/C9H15ClN2O2.ClH/c1-7(10)5-12-9(13)4-8-6-14-3-2-11-8;/h8,11H,1-6H2,(H,12,13);1H. The lowest BCUT2D eigenvalue weighted by Gasteiger charge is -2.23. The fourth-order valence-corrected chi connectivity index (χ4v) is 1.31. The van der Waals surface area contributed by atoms with Gasteiger partial charge in [0.1, 0.15) is 0 Å². The fraction of sp³-hybridized carbons (Fsp3) is 0.667. The average molecular weight is 255 g/mol. The Morgan fingerprint density at radius 1 is 1.67 bits per heavy atom. The summed E-state index contributed by atoms with van der Waals surface area (Å²) < 4.78 is 5.22. The Morgan fingerprint density at radius 2 is 2.40 bits per heavy atom. The van der Waals surface area contributed by atoms with E-state index in [4.69, 9.17) is 16.3 Å². The number of rotatable bonds is 4. The SMILES string of the molecule is C=C(Cl)CNC(=O)CC1COCCN1.Cl. The van der Waals surface area contributed by atoms with Crippen LogP contribution in [0.5, 0.6) is 0 Å². The Morgan fingerprint density at radius 3 is 2.93 bits per heavy atom. The zero-order valence-corrected chi connectivity index (χ0v) is 10.00. The van der Waals surface area contributed by atoms with Crippen LogP contribution in [0.15, 0.2) is 11.6 Å². The predicted octanol–water partition coefficient (Wildman–Crippen LogP) is 0.655. The van der Waals surface area contributed by atoms with Crippen LogP contribution in [0.3, 0.4) is 0 Å². The molecule has 1 heterocycles. The number of halogens is 2. The molecule has 0 aliphatic carbocycles. The number of nitrogens with one attached hydrogen (secondary N) is 2. The van der Waals surface area contributed by atoms with Crippen molar-refractivity contribution >= 4 is 29.9 Å². The molecule has 0 spiro atoms. The summed E-state index contributed by atoms with van der Waals surface area (Å²) in [6.07, 6.45) is 0.421. The first-order valence-electron chi connectivity index (χ1n) is 4.59. The summed E-state index contributed by atoms with van der Waals surface area (Å²) in [5.41, 5.74) is 0. The molecule has 1 amide bonds. The highest BCUT2D eigenvalue weighted by molar-refractivity contribution is 6.29. The summed E-state index contributed by atoms with van der Waals surface area (Å²) in [6, 6.07) is 0.118. The van der Waals surface area contributed by atoms with Crippen molar-refractivity contribution in [2.45, 2.75) is 12.5 Å². The van der Waals surface area contributed by atoms with Crippen LogP contribution in [0.2, 0.25) is 0 Å². The van der Waals surface area contributed by atoms with E-state index in [0.717, 1.165) is 13.2 Å². The van der Waals surface area contributed by atoms with Gasteiger partial charge in [0.25, 0.3) is 0 Å². The minimum absolute atomic E-state index is 0. The quantitative estimate of drug-likeness (QED) is 0.775. The van der Waals surface area contributed by atoms with E-state index in [0.29, 0.717) is 24.6 Å². The summed E-state index contributed by atoms with van der Waals surface area (Å²) in [6.45, 7) is 5.93. The molecule has 0 aromatic rings. The Hall–Kier alpha value is -0.290. The maximum absolute atomic E-state index is 11.3. The molecule has 0 aromatic carbocycles. The monoisotopic (exact) mass is 254 g/mol. The second-order valence-electron chi connectivity index (χ2n) is 3.22. The molecular formula is C9H16Cl2N2O2. The third kappa shape index (κ3) is 6.73. The molecule has 1 aliphatic heterocycles. The first-order valence-corrected chi connectivity index (χ1v) is 4.97. The van der Waals surface area contributed by atoms with E-state index in [1.807, 2.05) is 0 Å². The first kappa shape index (κ1) is 14.7. The Balaban J connectivity index is 0.00000196. The molecule has 1 fully saturated rings. The minimum atomic E-state index is -0.0326. The molecule has 15 heavy (non-hydrogen) atoms. The lowest BCUT2D eigenvalue weighted by atomic mass is 10.2. The first-order chi connectivity index (χ1) is 6.68. The van der Waals surface area contributed by atoms with Crippen molar-refractivity contribution in [3.63, 3.8) is 0 Å². The highest BCUT2D eigenvalue weighted by atomic mass is 35.5. The van der Waals surface area contributed by atoms with E-state index >= 15 is 0 Å². The molecule has 1 rings (SSSR count). The summed E-state index contributed by atoms with van der Waals surface area (Å²) in [7, 11) is 0. The zero-order valence-electron chi connectivity index (χ0n) is 8.42. The largest absolute Gasteiger partial charge is 0.378 e. The van der Waals surface area contributed by atoms with Gasteiger partial charge in [0.15, 0.2) is 0 Å². The van der Waals surface area contributed by atoms with Crippen molar-refractivity contribution in [1.82, 2.24) is 10.6 Å². The fourth-order valence-electron chi connectivity index (χ4n) is 1.24. The summed E-state index contributed by atoms with van der Waals surface area (Å²) in [5.74, 6) is -0.0326. The molecule has 88 valence electrons. The Labute approximate surface area is 101 Å². The molecule has 0 radical (unpaired) electrons. The van der Waals surface area contributed by atoms with E-state index in [1.54, 1.807) is 0 Å². The van der Waals surface area contributed by atoms with Crippen LogP contribution >= 0.6 is 24.0 Å². The molecule has 0 bridgehead atoms. The van der Waals surface area contributed by atoms with Crippen molar-refractivity contribution in [3.8, 4) is 0 Å².